The maximum absolute atomic E-state index is 16.3. The highest BCUT2D eigenvalue weighted by Gasteiger charge is 2.35. The Balaban J connectivity index is 1.28. The second-order valence-electron chi connectivity index (χ2n) is 18.4. The predicted molar refractivity (Wildman–Crippen MR) is 271 cm³/mol. The van der Waals surface area contributed by atoms with E-state index >= 15 is 8.42 Å². The molecule has 17 nitrogen and oxygen atoms in total. The number of amides is 2. The van der Waals surface area contributed by atoms with Crippen LogP contribution in [-0.4, -0.2) is 88.2 Å². The fraction of sp³-hybridized carbons (Fsp3) is 0.346. The molecule has 7 aromatic rings. The van der Waals surface area contributed by atoms with Gasteiger partial charge in [-0.15, -0.1) is 10.2 Å². The van der Waals surface area contributed by atoms with Gasteiger partial charge in [-0.25, -0.2) is 23.0 Å². The molecule has 1 aliphatic carbocycles. The molecule has 1 fully saturated rings. The molecular formula is C52H58N8O9S2. The summed E-state index contributed by atoms with van der Waals surface area (Å²) in [6.45, 7) is 5.74. The number of hydrogen-bond donors (Lipinski definition) is 3. The molecule has 372 valence electrons. The lowest BCUT2D eigenvalue weighted by molar-refractivity contribution is 0.0486. The normalized spacial score (nSPS) is 15.1. The summed E-state index contributed by atoms with van der Waals surface area (Å²) in [7, 11) is 0.243. The Morgan fingerprint density at radius 1 is 0.789 bits per heavy atom. The molecule has 0 saturated heterocycles. The Labute approximate surface area is 417 Å². The summed E-state index contributed by atoms with van der Waals surface area (Å²) in [4.78, 5) is 30.6. The number of carbonyl (C=O) groups is 2. The van der Waals surface area contributed by atoms with Gasteiger partial charge < -0.3 is 29.4 Å². The third-order valence-electron chi connectivity index (χ3n) is 12.3. The molecule has 0 radical (unpaired) electrons. The Kier molecular flexibility index (Phi) is 15.5. The molecule has 19 heteroatoms. The molecule has 3 N–H and O–H groups in total. The van der Waals surface area contributed by atoms with Crippen molar-refractivity contribution in [3.8, 4) is 39.8 Å². The van der Waals surface area contributed by atoms with E-state index in [0.29, 0.717) is 57.0 Å². The average molecular weight is 1000 g/mol. The van der Waals surface area contributed by atoms with Crippen LogP contribution in [0.15, 0.2) is 108 Å². The molecule has 2 heterocycles. The zero-order valence-electron chi connectivity index (χ0n) is 40.5. The van der Waals surface area contributed by atoms with Crippen LogP contribution in [0.5, 0.6) is 17.2 Å². The lowest BCUT2D eigenvalue weighted by atomic mass is 9.82. The molecule has 0 atom stereocenters. The van der Waals surface area contributed by atoms with E-state index in [1.54, 1.807) is 45.6 Å². The molecule has 71 heavy (non-hydrogen) atoms. The highest BCUT2D eigenvalue weighted by atomic mass is 32.2. The van der Waals surface area contributed by atoms with Gasteiger partial charge in [-0.3, -0.25) is 5.32 Å². The number of hydrogen-bond acceptors (Lipinski definition) is 13. The molecule has 0 aliphatic heterocycles. The van der Waals surface area contributed by atoms with Gasteiger partial charge in [-0.05, 0) is 141 Å². The first kappa shape index (κ1) is 50.3. The SMILES string of the molecule is COc1ccc(CN(Cc2ccc(OC)cc2)S(=O)(=O)c2c(CCC3CCC(NC(=O)OC(C)(C)C)CC3)ccc(-c3cccc4sc(NC(=O)O)nc34)c2-c2nnn(Cc3ccc(OC)cc3)n2)cc1. The number of carboxylic acid groups (broad SMARTS) is 1. The summed E-state index contributed by atoms with van der Waals surface area (Å²) in [6, 6.07) is 31.3. The Morgan fingerprint density at radius 2 is 1.38 bits per heavy atom. The third-order valence-corrected chi connectivity index (χ3v) is 15.2. The Hall–Kier alpha value is -7.09. The number of thiazole rings is 1. The quantitative estimate of drug-likeness (QED) is 0.0732. The van der Waals surface area contributed by atoms with Gasteiger partial charge in [0.05, 0.1) is 48.5 Å². The van der Waals surface area contributed by atoms with Crippen LogP contribution in [0, 0.1) is 5.92 Å². The molecule has 8 rings (SSSR count). The number of sulfonamides is 1. The lowest BCUT2D eigenvalue weighted by Crippen LogP contribution is -2.41. The number of fused-ring (bicyclic) bond motifs is 1. The monoisotopic (exact) mass is 1000 g/mol. The van der Waals surface area contributed by atoms with Crippen LogP contribution in [0.25, 0.3) is 32.7 Å². The van der Waals surface area contributed by atoms with Gasteiger partial charge in [0.1, 0.15) is 22.8 Å². The van der Waals surface area contributed by atoms with Crippen LogP contribution in [0.3, 0.4) is 0 Å². The predicted octanol–water partition coefficient (Wildman–Crippen LogP) is 10.2. The standard InChI is InChI=1S/C52H58N8O9S2/c1-52(2,3)69-51(63)53-38-21-11-33(12-22-38)10-19-37-20-29-42(43-8-7-9-44-46(43)54-49(70-44)55-50(61)62)45(48-56-58-60(57-48)32-36-17-27-41(68-6)28-18-36)47(37)71(64,65)59(30-34-13-23-39(66-4)24-14-34)31-35-15-25-40(67-5)26-16-35/h7-9,13-18,20,23-29,33,38H,10-12,19,21-22,30-32H2,1-6H3,(H,53,63)(H,54,55)(H,61,62). The summed E-state index contributed by atoms with van der Waals surface area (Å²) in [5.41, 5.74) is 4.00. The van der Waals surface area contributed by atoms with Crippen LogP contribution in [0.1, 0.15) is 75.1 Å². The maximum Gasteiger partial charge on any atom is 0.410 e. The van der Waals surface area contributed by atoms with Gasteiger partial charge in [0.15, 0.2) is 5.13 Å². The minimum atomic E-state index is -4.51. The number of benzene rings is 5. The van der Waals surface area contributed by atoms with Crippen LogP contribution in [0.4, 0.5) is 14.7 Å². The first-order chi connectivity index (χ1) is 34.1. The highest BCUT2D eigenvalue weighted by molar-refractivity contribution is 7.89. The van der Waals surface area contributed by atoms with Gasteiger partial charge in [0.25, 0.3) is 0 Å². The fourth-order valence-electron chi connectivity index (χ4n) is 8.83. The number of carbonyl (C=O) groups excluding carboxylic acids is 1. The first-order valence-corrected chi connectivity index (χ1v) is 25.6. The van der Waals surface area contributed by atoms with Crippen molar-refractivity contribution in [2.75, 3.05) is 26.6 Å². The van der Waals surface area contributed by atoms with Gasteiger partial charge >= 0.3 is 12.2 Å². The van der Waals surface area contributed by atoms with Gasteiger partial charge in [0, 0.05) is 24.7 Å². The minimum Gasteiger partial charge on any atom is -0.497 e. The topological polar surface area (TPSA) is 209 Å². The van der Waals surface area contributed by atoms with Crippen molar-refractivity contribution in [3.05, 3.63) is 125 Å². The number of anilines is 1. The number of rotatable bonds is 18. The molecule has 0 spiro atoms. The molecule has 0 unspecified atom stereocenters. The summed E-state index contributed by atoms with van der Waals surface area (Å²) in [5, 5.41) is 29.2. The maximum atomic E-state index is 16.3. The zero-order chi connectivity index (χ0) is 50.3. The van der Waals surface area contributed by atoms with E-state index in [0.717, 1.165) is 53.7 Å². The molecule has 0 bridgehead atoms. The summed E-state index contributed by atoms with van der Waals surface area (Å²) < 4.78 is 56.5. The summed E-state index contributed by atoms with van der Waals surface area (Å²) in [5.74, 6) is 2.27. The van der Waals surface area contributed by atoms with Crippen molar-refractivity contribution in [2.24, 2.45) is 5.92 Å². The van der Waals surface area contributed by atoms with Crippen molar-refractivity contribution in [3.63, 3.8) is 0 Å². The minimum absolute atomic E-state index is 0.000396. The number of ether oxygens (including phenoxy) is 4. The lowest BCUT2D eigenvalue weighted by Gasteiger charge is -2.30. The van der Waals surface area contributed by atoms with Gasteiger partial charge in [-0.1, -0.05) is 72.0 Å². The van der Waals surface area contributed by atoms with Gasteiger partial charge in [-0.2, -0.15) is 9.10 Å². The van der Waals surface area contributed by atoms with E-state index in [2.05, 4.69) is 20.9 Å². The van der Waals surface area contributed by atoms with Crippen LogP contribution in [0.2, 0.25) is 0 Å². The number of nitrogens with one attached hydrogen (secondary N) is 2. The number of tetrazole rings is 1. The second-order valence-corrected chi connectivity index (χ2v) is 21.3. The average Bonchev–Trinajstić information content (AvgIpc) is 3.99. The van der Waals surface area contributed by atoms with E-state index in [1.165, 1.54) is 9.10 Å². The molecule has 5 aromatic carbocycles. The van der Waals surface area contributed by atoms with Crippen molar-refractivity contribution in [2.45, 2.75) is 95.5 Å². The smallest absolute Gasteiger partial charge is 0.410 e. The Morgan fingerprint density at radius 3 is 1.94 bits per heavy atom. The van der Waals surface area contributed by atoms with Crippen molar-refractivity contribution < 1.29 is 42.1 Å². The summed E-state index contributed by atoms with van der Waals surface area (Å²) >= 11 is 1.16. The molecule has 1 aliphatic rings. The number of methoxy groups -OCH3 is 3. The van der Waals surface area contributed by atoms with E-state index in [9.17, 15) is 14.7 Å². The highest BCUT2D eigenvalue weighted by Crippen LogP contribution is 2.44. The molecule has 2 amide bonds. The summed E-state index contributed by atoms with van der Waals surface area (Å²) in [6.07, 6.45) is 2.54. The van der Waals surface area contributed by atoms with E-state index in [-0.39, 0.29) is 53.0 Å². The second kappa shape index (κ2) is 21.9. The molecule has 1 saturated carbocycles. The largest absolute Gasteiger partial charge is 0.497 e. The number of alkyl carbamates (subject to hydrolysis) is 1. The first-order valence-electron chi connectivity index (χ1n) is 23.3. The fourth-order valence-corrected chi connectivity index (χ4v) is 11.6. The van der Waals surface area contributed by atoms with E-state index in [4.69, 9.17) is 29.0 Å². The van der Waals surface area contributed by atoms with Crippen LogP contribution in [-0.2, 0) is 40.8 Å². The number of nitrogens with zero attached hydrogens (tertiary/aromatic N) is 6. The van der Waals surface area contributed by atoms with E-state index in [1.807, 2.05) is 99.6 Å². The number of aryl methyl sites for hydroxylation is 1. The van der Waals surface area contributed by atoms with Gasteiger partial charge in [0.2, 0.25) is 15.8 Å². The van der Waals surface area contributed by atoms with Crippen molar-refractivity contribution >= 4 is 48.9 Å². The van der Waals surface area contributed by atoms with E-state index < -0.39 is 27.8 Å². The number of para-hydroxylation sites is 1. The zero-order valence-corrected chi connectivity index (χ0v) is 42.2. The molecule has 2 aromatic heterocycles. The van der Waals surface area contributed by atoms with Crippen molar-refractivity contribution in [1.82, 2.24) is 34.8 Å². The van der Waals surface area contributed by atoms with Crippen LogP contribution < -0.4 is 24.8 Å². The Bertz CT molecular complexity index is 3020. The van der Waals surface area contributed by atoms with Crippen LogP contribution >= 0.6 is 11.3 Å². The number of aromatic nitrogens is 5. The van der Waals surface area contributed by atoms with Crippen molar-refractivity contribution in [1.29, 1.82) is 0 Å². The molecular weight excluding hydrogens is 945 g/mol. The third kappa shape index (κ3) is 12.5.